The van der Waals surface area contributed by atoms with E-state index in [0.29, 0.717) is 0 Å². The van der Waals surface area contributed by atoms with Gasteiger partial charge in [0.25, 0.3) is 0 Å². The normalized spacial score (nSPS) is 12.0. The zero-order chi connectivity index (χ0) is 14.5. The van der Waals surface area contributed by atoms with Gasteiger partial charge in [-0.2, -0.15) is 0 Å². The smallest absolute Gasteiger partial charge is 0.161 e. The Kier molecular flexibility index (Phi) is 5.49. The molecule has 1 unspecified atom stereocenters. The van der Waals surface area contributed by atoms with E-state index in [1.807, 2.05) is 24.3 Å². The Balaban J connectivity index is 2.18. The van der Waals surface area contributed by atoms with Gasteiger partial charge in [-0.25, -0.2) is 0 Å². The first-order chi connectivity index (χ1) is 9.63. The van der Waals surface area contributed by atoms with Crippen molar-refractivity contribution in [3.05, 3.63) is 58.1 Å². The van der Waals surface area contributed by atoms with Gasteiger partial charge < -0.3 is 9.47 Å². The third-order valence-electron chi connectivity index (χ3n) is 3.07. The molecule has 0 bridgehead atoms. The van der Waals surface area contributed by atoms with Gasteiger partial charge in [0.2, 0.25) is 0 Å². The molecule has 2 rings (SSSR count). The monoisotopic (exact) mass is 398 g/mol. The Morgan fingerprint density at radius 2 is 1.75 bits per heavy atom. The lowest BCUT2D eigenvalue weighted by Gasteiger charge is -2.14. The van der Waals surface area contributed by atoms with E-state index in [0.717, 1.165) is 22.4 Å². The Morgan fingerprint density at radius 1 is 1.00 bits per heavy atom. The number of methoxy groups -OCH3 is 2. The molecule has 4 heteroatoms. The number of halogens is 2. The van der Waals surface area contributed by atoms with Gasteiger partial charge >= 0.3 is 0 Å². The molecule has 0 aliphatic rings. The van der Waals surface area contributed by atoms with Crippen LogP contribution in [0.4, 0.5) is 0 Å². The van der Waals surface area contributed by atoms with E-state index >= 15 is 0 Å². The lowest BCUT2D eigenvalue weighted by molar-refractivity contribution is 0.354. The fourth-order valence-electron chi connectivity index (χ4n) is 2.04. The summed E-state index contributed by atoms with van der Waals surface area (Å²) < 4.78 is 11.7. The lowest BCUT2D eigenvalue weighted by Crippen LogP contribution is -1.98. The quantitative estimate of drug-likeness (QED) is 0.647. The van der Waals surface area contributed by atoms with Gasteiger partial charge in [-0.05, 0) is 41.8 Å². The fraction of sp³-hybridized carbons (Fsp3) is 0.250. The highest BCUT2D eigenvalue weighted by atomic mass is 79.9. The molecule has 0 radical (unpaired) electrons. The van der Waals surface area contributed by atoms with Crippen molar-refractivity contribution in [1.82, 2.24) is 0 Å². The molecule has 0 aliphatic heterocycles. The number of rotatable bonds is 5. The largest absolute Gasteiger partial charge is 0.493 e. The highest BCUT2D eigenvalue weighted by Crippen LogP contribution is 2.34. The third kappa shape index (κ3) is 3.76. The minimum absolute atomic E-state index is 0.233. The number of alkyl halides is 1. The van der Waals surface area contributed by atoms with Crippen LogP contribution >= 0.6 is 31.9 Å². The van der Waals surface area contributed by atoms with E-state index in [4.69, 9.17) is 9.47 Å². The number of hydrogen-bond donors (Lipinski definition) is 0. The molecule has 0 amide bonds. The maximum absolute atomic E-state index is 5.34. The Hall–Kier alpha value is -1.00. The van der Waals surface area contributed by atoms with Crippen LogP contribution in [0.15, 0.2) is 46.9 Å². The van der Waals surface area contributed by atoms with Gasteiger partial charge in [-0.15, -0.1) is 0 Å². The molecule has 2 aromatic rings. The second kappa shape index (κ2) is 7.14. The number of hydrogen-bond acceptors (Lipinski definition) is 2. The molecule has 2 nitrogen and oxygen atoms in total. The molecule has 0 saturated carbocycles. The van der Waals surface area contributed by atoms with Crippen LogP contribution in [0.5, 0.6) is 11.5 Å². The standard InChI is InChI=1S/C16H16Br2O2/c1-19-15-7-6-12(10-16(15)20-2)14(18)9-11-4-3-5-13(17)8-11/h3-8,10,14H,9H2,1-2H3. The van der Waals surface area contributed by atoms with Crippen LogP contribution in [0.1, 0.15) is 16.0 Å². The van der Waals surface area contributed by atoms with Crippen LogP contribution in [0.2, 0.25) is 0 Å². The fourth-order valence-corrected chi connectivity index (χ4v) is 3.14. The zero-order valence-electron chi connectivity index (χ0n) is 11.4. The van der Waals surface area contributed by atoms with Crippen LogP contribution in [-0.4, -0.2) is 14.2 Å². The van der Waals surface area contributed by atoms with Gasteiger partial charge in [0.05, 0.1) is 14.2 Å². The lowest BCUT2D eigenvalue weighted by atomic mass is 10.0. The molecular formula is C16H16Br2O2. The Labute approximate surface area is 136 Å². The molecule has 0 saturated heterocycles. The van der Waals surface area contributed by atoms with Crippen LogP contribution in [0, 0.1) is 0 Å². The number of benzene rings is 2. The molecule has 0 aromatic heterocycles. The van der Waals surface area contributed by atoms with Gasteiger partial charge in [0.15, 0.2) is 11.5 Å². The topological polar surface area (TPSA) is 18.5 Å². The van der Waals surface area contributed by atoms with Crippen LogP contribution < -0.4 is 9.47 Å². The van der Waals surface area contributed by atoms with Crippen molar-refractivity contribution >= 4 is 31.9 Å². The number of ether oxygens (including phenoxy) is 2. The Bertz CT molecular complexity index is 584. The minimum atomic E-state index is 0.233. The second-order valence-electron chi connectivity index (χ2n) is 4.42. The predicted molar refractivity (Wildman–Crippen MR) is 89.1 cm³/mol. The summed E-state index contributed by atoms with van der Waals surface area (Å²) in [7, 11) is 3.30. The second-order valence-corrected chi connectivity index (χ2v) is 6.44. The van der Waals surface area contributed by atoms with Crippen molar-refractivity contribution in [1.29, 1.82) is 0 Å². The molecule has 106 valence electrons. The summed E-state index contributed by atoms with van der Waals surface area (Å²) in [5.41, 5.74) is 2.44. The first-order valence-corrected chi connectivity index (χ1v) is 7.95. The van der Waals surface area contributed by atoms with Crippen molar-refractivity contribution in [3.8, 4) is 11.5 Å². The summed E-state index contributed by atoms with van der Waals surface area (Å²) in [5.74, 6) is 1.50. The van der Waals surface area contributed by atoms with Crippen LogP contribution in [0.25, 0.3) is 0 Å². The first-order valence-electron chi connectivity index (χ1n) is 6.24. The summed E-state index contributed by atoms with van der Waals surface area (Å²) in [4.78, 5) is 0.233. The van der Waals surface area contributed by atoms with E-state index in [1.165, 1.54) is 11.1 Å². The molecule has 0 aliphatic carbocycles. The molecule has 2 aromatic carbocycles. The van der Waals surface area contributed by atoms with Crippen molar-refractivity contribution in [3.63, 3.8) is 0 Å². The SMILES string of the molecule is COc1ccc(C(Br)Cc2cccc(Br)c2)cc1OC. The summed E-state index contributed by atoms with van der Waals surface area (Å²) in [6.07, 6.45) is 0.912. The van der Waals surface area contributed by atoms with Crippen molar-refractivity contribution in [2.24, 2.45) is 0 Å². The molecular weight excluding hydrogens is 384 g/mol. The maximum atomic E-state index is 5.34. The molecule has 0 N–H and O–H groups in total. The van der Waals surface area contributed by atoms with Gasteiger partial charge in [0.1, 0.15) is 0 Å². The third-order valence-corrected chi connectivity index (χ3v) is 4.42. The average molecular weight is 400 g/mol. The van der Waals surface area contributed by atoms with E-state index in [9.17, 15) is 0 Å². The van der Waals surface area contributed by atoms with Crippen LogP contribution in [-0.2, 0) is 6.42 Å². The highest BCUT2D eigenvalue weighted by molar-refractivity contribution is 9.10. The molecule has 1 atom stereocenters. The summed E-state index contributed by atoms with van der Waals surface area (Å²) in [5, 5.41) is 0. The van der Waals surface area contributed by atoms with Gasteiger partial charge in [0, 0.05) is 9.30 Å². The van der Waals surface area contributed by atoms with Crippen molar-refractivity contribution in [2.45, 2.75) is 11.2 Å². The van der Waals surface area contributed by atoms with Crippen molar-refractivity contribution in [2.75, 3.05) is 14.2 Å². The van der Waals surface area contributed by atoms with E-state index in [2.05, 4.69) is 50.1 Å². The molecule has 0 fully saturated rings. The van der Waals surface area contributed by atoms with Gasteiger partial charge in [-0.1, -0.05) is 50.1 Å². The van der Waals surface area contributed by atoms with E-state index < -0.39 is 0 Å². The zero-order valence-corrected chi connectivity index (χ0v) is 14.6. The maximum Gasteiger partial charge on any atom is 0.161 e. The van der Waals surface area contributed by atoms with Crippen molar-refractivity contribution < 1.29 is 9.47 Å². The molecule has 0 spiro atoms. The van der Waals surface area contributed by atoms with Gasteiger partial charge in [-0.3, -0.25) is 0 Å². The molecule has 20 heavy (non-hydrogen) atoms. The summed E-state index contributed by atoms with van der Waals surface area (Å²) >= 11 is 7.24. The summed E-state index contributed by atoms with van der Waals surface area (Å²) in [6.45, 7) is 0. The summed E-state index contributed by atoms with van der Waals surface area (Å²) in [6, 6.07) is 14.3. The predicted octanol–water partition coefficient (Wildman–Crippen LogP) is 5.15. The highest BCUT2D eigenvalue weighted by Gasteiger charge is 2.12. The average Bonchev–Trinajstić information content (AvgIpc) is 2.46. The molecule has 0 heterocycles. The minimum Gasteiger partial charge on any atom is -0.493 e. The van der Waals surface area contributed by atoms with E-state index in [-0.39, 0.29) is 4.83 Å². The Morgan fingerprint density at radius 3 is 2.40 bits per heavy atom. The van der Waals surface area contributed by atoms with E-state index in [1.54, 1.807) is 14.2 Å². The first kappa shape index (κ1) is 15.4. The van der Waals surface area contributed by atoms with Crippen LogP contribution in [0.3, 0.4) is 0 Å².